The number of nitrogens with one attached hydrogen (secondary N) is 1. The van der Waals surface area contributed by atoms with Crippen molar-refractivity contribution in [3.05, 3.63) is 0 Å². The first-order valence-corrected chi connectivity index (χ1v) is 7.98. The summed E-state index contributed by atoms with van der Waals surface area (Å²) in [6, 6.07) is 0.440. The summed E-state index contributed by atoms with van der Waals surface area (Å²) in [6.45, 7) is 4.17. The Morgan fingerprint density at radius 3 is 2.56 bits per heavy atom. The van der Waals surface area contributed by atoms with Crippen molar-refractivity contribution in [3.8, 4) is 0 Å². The summed E-state index contributed by atoms with van der Waals surface area (Å²) in [7, 11) is -2.84. The minimum atomic E-state index is -2.84. The van der Waals surface area contributed by atoms with Gasteiger partial charge in [0.1, 0.15) is 0 Å². The van der Waals surface area contributed by atoms with Crippen molar-refractivity contribution in [2.75, 3.05) is 31.3 Å². The van der Waals surface area contributed by atoms with Crippen LogP contribution >= 0.6 is 0 Å². The van der Waals surface area contributed by atoms with Gasteiger partial charge in [-0.2, -0.15) is 0 Å². The first-order valence-electron chi connectivity index (χ1n) is 6.15. The molecular weight excluding hydrogens is 226 g/mol. The molecule has 1 rings (SSSR count). The van der Waals surface area contributed by atoms with Crippen LogP contribution in [0.4, 0.5) is 0 Å². The highest BCUT2D eigenvalue weighted by atomic mass is 32.2. The minimum Gasteiger partial charge on any atom is -0.381 e. The van der Waals surface area contributed by atoms with E-state index >= 15 is 0 Å². The largest absolute Gasteiger partial charge is 0.381 e. The van der Waals surface area contributed by atoms with Crippen LogP contribution < -0.4 is 5.32 Å². The molecule has 96 valence electrons. The van der Waals surface area contributed by atoms with Gasteiger partial charge in [0.2, 0.25) is 0 Å². The van der Waals surface area contributed by atoms with E-state index in [0.717, 1.165) is 38.9 Å². The molecule has 1 N–H and O–H groups in total. The lowest BCUT2D eigenvalue weighted by Gasteiger charge is -2.23. The van der Waals surface area contributed by atoms with E-state index in [4.69, 9.17) is 4.74 Å². The van der Waals surface area contributed by atoms with Gasteiger partial charge >= 0.3 is 0 Å². The van der Waals surface area contributed by atoms with Gasteiger partial charge in [-0.15, -0.1) is 0 Å². The molecule has 1 fully saturated rings. The Hall–Kier alpha value is -0.130. The number of unbranched alkanes of at least 4 members (excludes halogenated alkanes) is 1. The van der Waals surface area contributed by atoms with Crippen molar-refractivity contribution in [1.82, 2.24) is 5.32 Å². The molecule has 0 spiro atoms. The van der Waals surface area contributed by atoms with Crippen molar-refractivity contribution >= 4 is 9.84 Å². The molecule has 0 amide bonds. The highest BCUT2D eigenvalue weighted by Gasteiger charge is 2.14. The van der Waals surface area contributed by atoms with Gasteiger partial charge in [-0.1, -0.05) is 13.3 Å². The number of sulfone groups is 1. The smallest absolute Gasteiger partial charge is 0.151 e. The summed E-state index contributed by atoms with van der Waals surface area (Å²) >= 11 is 0. The average molecular weight is 249 g/mol. The fourth-order valence-electron chi connectivity index (χ4n) is 1.79. The maximum absolute atomic E-state index is 11.6. The van der Waals surface area contributed by atoms with E-state index in [1.54, 1.807) is 0 Å². The maximum atomic E-state index is 11.6. The van der Waals surface area contributed by atoms with Crippen LogP contribution in [0.2, 0.25) is 0 Å². The van der Waals surface area contributed by atoms with Gasteiger partial charge in [0.05, 0.1) is 11.5 Å². The first kappa shape index (κ1) is 13.9. The number of hydrogen-bond acceptors (Lipinski definition) is 4. The van der Waals surface area contributed by atoms with Crippen molar-refractivity contribution in [1.29, 1.82) is 0 Å². The molecule has 0 aliphatic carbocycles. The van der Waals surface area contributed by atoms with Crippen LogP contribution in [0.3, 0.4) is 0 Å². The molecule has 0 saturated carbocycles. The summed E-state index contributed by atoms with van der Waals surface area (Å²) in [5.41, 5.74) is 0. The molecule has 0 unspecified atom stereocenters. The second-order valence-electron chi connectivity index (χ2n) is 4.35. The van der Waals surface area contributed by atoms with Crippen molar-refractivity contribution in [3.63, 3.8) is 0 Å². The SMILES string of the molecule is CCCCS(=O)(=O)CCNC1CCOCC1. The second-order valence-corrected chi connectivity index (χ2v) is 6.65. The third-order valence-electron chi connectivity index (χ3n) is 2.88. The predicted molar refractivity (Wildman–Crippen MR) is 65.4 cm³/mol. The molecule has 1 aliphatic rings. The fourth-order valence-corrected chi connectivity index (χ4v) is 3.15. The van der Waals surface area contributed by atoms with E-state index in [2.05, 4.69) is 5.32 Å². The van der Waals surface area contributed by atoms with Gasteiger partial charge in [0, 0.05) is 25.8 Å². The molecule has 0 aromatic heterocycles. The van der Waals surface area contributed by atoms with Gasteiger partial charge in [-0.3, -0.25) is 0 Å². The molecule has 0 atom stereocenters. The second kappa shape index (κ2) is 7.25. The van der Waals surface area contributed by atoms with Crippen LogP contribution in [0.25, 0.3) is 0 Å². The first-order chi connectivity index (χ1) is 7.64. The Morgan fingerprint density at radius 1 is 1.25 bits per heavy atom. The van der Waals surface area contributed by atoms with E-state index in [-0.39, 0.29) is 5.75 Å². The Bertz CT molecular complexity index is 271. The highest BCUT2D eigenvalue weighted by Crippen LogP contribution is 2.05. The monoisotopic (exact) mass is 249 g/mol. The molecular formula is C11H23NO3S. The summed E-state index contributed by atoms with van der Waals surface area (Å²) in [5, 5.41) is 3.29. The van der Waals surface area contributed by atoms with Crippen LogP contribution in [0.1, 0.15) is 32.6 Å². The van der Waals surface area contributed by atoms with Gasteiger partial charge in [-0.25, -0.2) is 8.42 Å². The highest BCUT2D eigenvalue weighted by molar-refractivity contribution is 7.91. The van der Waals surface area contributed by atoms with Crippen LogP contribution in [0.5, 0.6) is 0 Å². The predicted octanol–water partition coefficient (Wildman–Crippen LogP) is 0.970. The lowest BCUT2D eigenvalue weighted by molar-refractivity contribution is 0.0785. The minimum absolute atomic E-state index is 0.268. The number of rotatable bonds is 7. The van der Waals surface area contributed by atoms with E-state index in [1.165, 1.54) is 0 Å². The van der Waals surface area contributed by atoms with Gasteiger partial charge in [0.25, 0.3) is 0 Å². The Morgan fingerprint density at radius 2 is 1.94 bits per heavy atom. The van der Waals surface area contributed by atoms with Crippen LogP contribution in [0.15, 0.2) is 0 Å². The van der Waals surface area contributed by atoms with Crippen LogP contribution in [0, 0.1) is 0 Å². The molecule has 4 nitrogen and oxygen atoms in total. The molecule has 0 aromatic rings. The van der Waals surface area contributed by atoms with Crippen LogP contribution in [-0.2, 0) is 14.6 Å². The summed E-state index contributed by atoms with van der Waals surface area (Å²) < 4.78 is 28.4. The van der Waals surface area contributed by atoms with Gasteiger partial charge in [0.15, 0.2) is 9.84 Å². The Balaban J connectivity index is 2.13. The lowest BCUT2D eigenvalue weighted by Crippen LogP contribution is -2.37. The average Bonchev–Trinajstić information content (AvgIpc) is 2.28. The Kier molecular flexibility index (Phi) is 6.31. The molecule has 0 radical (unpaired) electrons. The Labute approximate surface area is 98.7 Å². The van der Waals surface area contributed by atoms with E-state index in [1.807, 2.05) is 6.92 Å². The van der Waals surface area contributed by atoms with E-state index in [0.29, 0.717) is 18.3 Å². The summed E-state index contributed by atoms with van der Waals surface area (Å²) in [6.07, 6.45) is 3.70. The van der Waals surface area contributed by atoms with Gasteiger partial charge in [-0.05, 0) is 19.3 Å². The molecule has 0 aromatic carbocycles. The topological polar surface area (TPSA) is 55.4 Å². The molecule has 1 aliphatic heterocycles. The zero-order chi connectivity index (χ0) is 11.9. The zero-order valence-electron chi connectivity index (χ0n) is 10.1. The molecule has 5 heteroatoms. The van der Waals surface area contributed by atoms with Crippen molar-refractivity contribution in [2.24, 2.45) is 0 Å². The number of hydrogen-bond donors (Lipinski definition) is 1. The lowest BCUT2D eigenvalue weighted by atomic mass is 10.1. The summed E-state index contributed by atoms with van der Waals surface area (Å²) in [5.74, 6) is 0.601. The van der Waals surface area contributed by atoms with Gasteiger partial charge < -0.3 is 10.1 Å². The quantitative estimate of drug-likeness (QED) is 0.730. The maximum Gasteiger partial charge on any atom is 0.151 e. The molecule has 16 heavy (non-hydrogen) atoms. The fraction of sp³-hybridized carbons (Fsp3) is 1.00. The normalized spacial score (nSPS) is 18.8. The third kappa shape index (κ3) is 5.82. The van der Waals surface area contributed by atoms with Crippen molar-refractivity contribution in [2.45, 2.75) is 38.6 Å². The van der Waals surface area contributed by atoms with E-state index < -0.39 is 9.84 Å². The van der Waals surface area contributed by atoms with E-state index in [9.17, 15) is 8.42 Å². The van der Waals surface area contributed by atoms with Crippen molar-refractivity contribution < 1.29 is 13.2 Å². The summed E-state index contributed by atoms with van der Waals surface area (Å²) in [4.78, 5) is 0. The standard InChI is InChI=1S/C11H23NO3S/c1-2-3-9-16(13,14)10-6-12-11-4-7-15-8-5-11/h11-12H,2-10H2,1H3. The molecule has 0 bridgehead atoms. The third-order valence-corrected chi connectivity index (χ3v) is 4.61. The number of ether oxygens (including phenoxy) is 1. The molecule has 1 heterocycles. The molecule has 1 saturated heterocycles. The zero-order valence-corrected chi connectivity index (χ0v) is 10.9. The van der Waals surface area contributed by atoms with Crippen LogP contribution in [-0.4, -0.2) is 45.7 Å².